The number of piperidine rings is 1. The minimum Gasteiger partial charge on any atom is -0.441 e. The number of amides is 1. The van der Waals surface area contributed by atoms with Crippen molar-refractivity contribution in [2.45, 2.75) is 18.4 Å². The van der Waals surface area contributed by atoms with Crippen LogP contribution in [0.2, 0.25) is 0 Å². The van der Waals surface area contributed by atoms with Gasteiger partial charge in [0.2, 0.25) is 0 Å². The number of halogens is 2. The van der Waals surface area contributed by atoms with Gasteiger partial charge in [0, 0.05) is 49.3 Å². The maximum absolute atomic E-state index is 13.9. The molecule has 0 aliphatic carbocycles. The largest absolute Gasteiger partial charge is 0.441 e. The molecule has 23 heavy (non-hydrogen) atoms. The van der Waals surface area contributed by atoms with Gasteiger partial charge in [-0.05, 0) is 12.1 Å². The lowest BCUT2D eigenvalue weighted by atomic mass is 9.91. The Morgan fingerprint density at radius 2 is 2.04 bits per heavy atom. The summed E-state index contributed by atoms with van der Waals surface area (Å²) in [4.78, 5) is 17.3. The average Bonchev–Trinajstić information content (AvgIpc) is 2.88. The number of pyridine rings is 1. The van der Waals surface area contributed by atoms with Crippen LogP contribution in [0.25, 0.3) is 10.9 Å². The van der Waals surface area contributed by atoms with Crippen molar-refractivity contribution >= 4 is 22.7 Å². The molecule has 2 fully saturated rings. The van der Waals surface area contributed by atoms with Crippen LogP contribution < -0.4 is 10.2 Å². The van der Waals surface area contributed by atoms with Gasteiger partial charge >= 0.3 is 6.09 Å². The molecule has 0 saturated carbocycles. The number of carbonyl (C=O) groups is 1. The predicted molar refractivity (Wildman–Crippen MR) is 80.3 cm³/mol. The standard InChI is InChI=1S/C16H15F2N3O2/c17-10-7-11-13(1-4-19-14(11)12(18)8-10)21-5-2-16(3-6-21)9-20-15(22)23-16/h1,4,7-8H,2-3,5-6,9H2,(H,20,22). The molecule has 120 valence electrons. The lowest BCUT2D eigenvalue weighted by Gasteiger charge is -2.38. The third-order valence-electron chi connectivity index (χ3n) is 4.62. The third-order valence-corrected chi connectivity index (χ3v) is 4.62. The molecular weight excluding hydrogens is 304 g/mol. The van der Waals surface area contributed by atoms with Crippen LogP contribution in [0.1, 0.15) is 12.8 Å². The Kier molecular flexibility index (Phi) is 3.11. The number of nitrogens with zero attached hydrogens (tertiary/aromatic N) is 2. The lowest BCUT2D eigenvalue weighted by Crippen LogP contribution is -2.46. The van der Waals surface area contributed by atoms with E-state index in [2.05, 4.69) is 15.2 Å². The monoisotopic (exact) mass is 319 g/mol. The number of fused-ring (bicyclic) bond motifs is 1. The Hall–Kier alpha value is -2.44. The number of carbonyl (C=O) groups excluding carboxylic acids is 1. The normalized spacial score (nSPS) is 19.9. The van der Waals surface area contributed by atoms with E-state index in [-0.39, 0.29) is 11.6 Å². The Balaban J connectivity index is 1.65. The van der Waals surface area contributed by atoms with Crippen molar-refractivity contribution in [1.82, 2.24) is 10.3 Å². The van der Waals surface area contributed by atoms with E-state index < -0.39 is 17.2 Å². The van der Waals surface area contributed by atoms with Crippen LogP contribution in [0.5, 0.6) is 0 Å². The molecule has 0 unspecified atom stereocenters. The number of rotatable bonds is 1. The van der Waals surface area contributed by atoms with Crippen molar-refractivity contribution in [3.05, 3.63) is 36.0 Å². The van der Waals surface area contributed by atoms with Crippen molar-refractivity contribution in [1.29, 1.82) is 0 Å². The predicted octanol–water partition coefficient (Wildman–Crippen LogP) is 2.59. The van der Waals surface area contributed by atoms with Gasteiger partial charge in [0.15, 0.2) is 5.82 Å². The van der Waals surface area contributed by atoms with Crippen LogP contribution in [0.3, 0.4) is 0 Å². The lowest BCUT2D eigenvalue weighted by molar-refractivity contribution is 0.0367. The molecule has 2 saturated heterocycles. The molecule has 1 N–H and O–H groups in total. The minimum absolute atomic E-state index is 0.165. The molecule has 5 nitrogen and oxygen atoms in total. The number of hydrogen-bond acceptors (Lipinski definition) is 4. The fraction of sp³-hybridized carbons (Fsp3) is 0.375. The molecule has 7 heteroatoms. The van der Waals surface area contributed by atoms with E-state index in [1.807, 2.05) is 0 Å². The maximum Gasteiger partial charge on any atom is 0.407 e. The van der Waals surface area contributed by atoms with Gasteiger partial charge in [-0.1, -0.05) is 0 Å². The molecule has 0 bridgehead atoms. The average molecular weight is 319 g/mol. The Morgan fingerprint density at radius 3 is 2.74 bits per heavy atom. The molecule has 1 aromatic carbocycles. The fourth-order valence-electron chi connectivity index (χ4n) is 3.38. The van der Waals surface area contributed by atoms with Gasteiger partial charge in [0.1, 0.15) is 16.9 Å². The van der Waals surface area contributed by atoms with Crippen LogP contribution in [0.15, 0.2) is 24.4 Å². The zero-order chi connectivity index (χ0) is 16.0. The van der Waals surface area contributed by atoms with Crippen LogP contribution in [0, 0.1) is 11.6 Å². The van der Waals surface area contributed by atoms with Crippen LogP contribution >= 0.6 is 0 Å². The first kappa shape index (κ1) is 14.2. The van der Waals surface area contributed by atoms with Gasteiger partial charge in [-0.25, -0.2) is 13.6 Å². The van der Waals surface area contributed by atoms with Gasteiger partial charge in [0.25, 0.3) is 0 Å². The van der Waals surface area contributed by atoms with E-state index >= 15 is 0 Å². The summed E-state index contributed by atoms with van der Waals surface area (Å²) in [6.07, 6.45) is 2.50. The molecule has 2 aromatic rings. The number of benzene rings is 1. The van der Waals surface area contributed by atoms with Gasteiger partial charge < -0.3 is 15.0 Å². The Bertz CT molecular complexity index is 788. The van der Waals surface area contributed by atoms with Crippen LogP contribution in [-0.4, -0.2) is 36.3 Å². The van der Waals surface area contributed by atoms with Crippen molar-refractivity contribution in [2.24, 2.45) is 0 Å². The van der Waals surface area contributed by atoms with Crippen molar-refractivity contribution < 1.29 is 18.3 Å². The number of hydrogen-bond donors (Lipinski definition) is 1. The van der Waals surface area contributed by atoms with E-state index in [1.54, 1.807) is 6.07 Å². The van der Waals surface area contributed by atoms with E-state index in [1.165, 1.54) is 12.3 Å². The summed E-state index contributed by atoms with van der Waals surface area (Å²) >= 11 is 0. The van der Waals surface area contributed by atoms with E-state index in [0.717, 1.165) is 11.8 Å². The molecule has 1 spiro atoms. The molecule has 1 aromatic heterocycles. The molecule has 2 aliphatic heterocycles. The first-order valence-corrected chi connectivity index (χ1v) is 7.52. The molecule has 1 amide bonds. The molecular formula is C16H15F2N3O2. The summed E-state index contributed by atoms with van der Waals surface area (Å²) in [5, 5.41) is 3.15. The Labute approximate surface area is 131 Å². The summed E-state index contributed by atoms with van der Waals surface area (Å²) in [5.74, 6) is -1.28. The van der Waals surface area contributed by atoms with Gasteiger partial charge in [-0.2, -0.15) is 0 Å². The van der Waals surface area contributed by atoms with E-state index in [9.17, 15) is 13.6 Å². The summed E-state index contributed by atoms with van der Waals surface area (Å²) < 4.78 is 32.9. The number of aromatic nitrogens is 1. The van der Waals surface area contributed by atoms with Crippen LogP contribution in [-0.2, 0) is 4.74 Å². The number of anilines is 1. The van der Waals surface area contributed by atoms with Crippen molar-refractivity contribution in [2.75, 3.05) is 24.5 Å². The minimum atomic E-state index is -0.663. The second-order valence-corrected chi connectivity index (χ2v) is 6.03. The molecule has 3 heterocycles. The second-order valence-electron chi connectivity index (χ2n) is 6.03. The van der Waals surface area contributed by atoms with E-state index in [4.69, 9.17) is 4.74 Å². The Morgan fingerprint density at radius 1 is 1.26 bits per heavy atom. The highest BCUT2D eigenvalue weighted by atomic mass is 19.1. The molecule has 2 aliphatic rings. The highest BCUT2D eigenvalue weighted by molar-refractivity contribution is 5.92. The van der Waals surface area contributed by atoms with Crippen LogP contribution in [0.4, 0.5) is 19.3 Å². The zero-order valence-electron chi connectivity index (χ0n) is 12.3. The number of ether oxygens (including phenoxy) is 1. The summed E-state index contributed by atoms with van der Waals surface area (Å²) in [6, 6.07) is 3.91. The second kappa shape index (κ2) is 5.04. The topological polar surface area (TPSA) is 54.5 Å². The maximum atomic E-state index is 13.9. The van der Waals surface area contributed by atoms with Crippen molar-refractivity contribution in [3.8, 4) is 0 Å². The SMILES string of the molecule is O=C1NCC2(CCN(c3ccnc4c(F)cc(F)cc34)CC2)O1. The zero-order valence-corrected chi connectivity index (χ0v) is 12.3. The summed E-state index contributed by atoms with van der Waals surface area (Å²) in [6.45, 7) is 1.80. The molecule has 0 atom stereocenters. The van der Waals surface area contributed by atoms with Gasteiger partial charge in [-0.3, -0.25) is 4.98 Å². The van der Waals surface area contributed by atoms with Gasteiger partial charge in [0.05, 0.1) is 6.54 Å². The fourth-order valence-corrected chi connectivity index (χ4v) is 3.38. The first-order valence-electron chi connectivity index (χ1n) is 7.52. The summed E-state index contributed by atoms with van der Waals surface area (Å²) in [7, 11) is 0. The van der Waals surface area contributed by atoms with Gasteiger partial charge in [-0.15, -0.1) is 0 Å². The van der Waals surface area contributed by atoms with Crippen molar-refractivity contribution in [3.63, 3.8) is 0 Å². The third kappa shape index (κ3) is 2.36. The molecule has 4 rings (SSSR count). The number of alkyl carbamates (subject to hydrolysis) is 1. The smallest absolute Gasteiger partial charge is 0.407 e. The van der Waals surface area contributed by atoms with E-state index in [0.29, 0.717) is 37.9 Å². The highest BCUT2D eigenvalue weighted by Crippen LogP contribution is 2.34. The highest BCUT2D eigenvalue weighted by Gasteiger charge is 2.43. The summed E-state index contributed by atoms with van der Waals surface area (Å²) in [5.41, 5.74) is 0.464. The molecule has 0 radical (unpaired) electrons. The number of nitrogens with one attached hydrogen (secondary N) is 1. The quantitative estimate of drug-likeness (QED) is 0.878. The first-order chi connectivity index (χ1) is 11.1.